The van der Waals surface area contributed by atoms with E-state index in [1.54, 1.807) is 0 Å². The van der Waals surface area contributed by atoms with Gasteiger partial charge < -0.3 is 0 Å². The zero-order chi connectivity index (χ0) is 27.3. The summed E-state index contributed by atoms with van der Waals surface area (Å²) >= 11 is 0. The van der Waals surface area contributed by atoms with Crippen LogP contribution in [0.2, 0.25) is 0 Å². The molecule has 196 valence electrons. The van der Waals surface area contributed by atoms with E-state index >= 15 is 4.20 Å². The number of halogens is 1. The monoisotopic (exact) mass is 557 g/mol. The quantitative estimate of drug-likeness (QED) is 0.180. The van der Waals surface area contributed by atoms with Crippen LogP contribution >= 0.6 is 14.1 Å². The van der Waals surface area contributed by atoms with Crippen molar-refractivity contribution in [2.24, 2.45) is 4.52 Å². The van der Waals surface area contributed by atoms with E-state index in [4.69, 9.17) is 4.52 Å². The standard InChI is InChI=1S/C36H30FNP2/c37-40(34-25-13-4-14-26-34,35-27-15-5-16-28-35,36-29-17-6-18-30-36)38-39(31-19-7-1-8-20-31,32-21-9-2-10-22-32)33-23-11-3-12-24-33/h1-30H. The SMILES string of the molecule is FP(N=P(c1ccccc1)(c1ccccc1)c1ccccc1)(c1ccccc1)(c1ccccc1)c1ccccc1. The van der Waals surface area contributed by atoms with Crippen LogP contribution in [0.1, 0.15) is 0 Å². The van der Waals surface area contributed by atoms with Gasteiger partial charge in [-0.1, -0.05) is 0 Å². The van der Waals surface area contributed by atoms with Crippen molar-refractivity contribution in [3.8, 4) is 0 Å². The molecule has 0 saturated carbocycles. The van der Waals surface area contributed by atoms with E-state index in [1.165, 1.54) is 0 Å². The van der Waals surface area contributed by atoms with Crippen LogP contribution in [0.4, 0.5) is 4.20 Å². The van der Waals surface area contributed by atoms with E-state index in [0.29, 0.717) is 15.9 Å². The number of benzene rings is 6. The van der Waals surface area contributed by atoms with Crippen molar-refractivity contribution in [1.82, 2.24) is 0 Å². The third kappa shape index (κ3) is 4.25. The van der Waals surface area contributed by atoms with Crippen LogP contribution in [0.5, 0.6) is 0 Å². The fourth-order valence-corrected chi connectivity index (χ4v) is 15.7. The first-order valence-corrected chi connectivity index (χ1v) is 17.2. The normalized spacial score (nSPS) is 12.7. The molecule has 0 atom stereocenters. The number of hydrogen-bond acceptors (Lipinski definition) is 1. The minimum atomic E-state index is -4.97. The van der Waals surface area contributed by atoms with Gasteiger partial charge in [0.05, 0.1) is 0 Å². The Morgan fingerprint density at radius 1 is 0.350 bits per heavy atom. The molecule has 4 heteroatoms. The summed E-state index contributed by atoms with van der Waals surface area (Å²) in [5.41, 5.74) is 0. The summed E-state index contributed by atoms with van der Waals surface area (Å²) < 4.78 is 25.8. The average Bonchev–Trinajstić information content (AvgIpc) is 3.06. The van der Waals surface area contributed by atoms with Crippen LogP contribution in [0.15, 0.2) is 187 Å². The molecule has 0 spiro atoms. The van der Waals surface area contributed by atoms with Crippen molar-refractivity contribution in [2.75, 3.05) is 0 Å². The van der Waals surface area contributed by atoms with Crippen molar-refractivity contribution >= 4 is 45.9 Å². The zero-order valence-corrected chi connectivity index (χ0v) is 23.8. The van der Waals surface area contributed by atoms with Gasteiger partial charge in [0.1, 0.15) is 0 Å². The third-order valence-corrected chi connectivity index (χ3v) is 16.6. The molecule has 0 heterocycles. The number of nitrogens with zero attached hydrogens (tertiary/aromatic N) is 1. The van der Waals surface area contributed by atoms with Crippen molar-refractivity contribution in [2.45, 2.75) is 0 Å². The molecule has 0 aliphatic rings. The maximum atomic E-state index is 19.9. The molecular formula is C36H30FNP2. The van der Waals surface area contributed by atoms with Crippen molar-refractivity contribution in [1.29, 1.82) is 0 Å². The Morgan fingerprint density at radius 3 is 0.825 bits per heavy atom. The second kappa shape index (κ2) is 10.8. The molecule has 40 heavy (non-hydrogen) atoms. The van der Waals surface area contributed by atoms with Crippen LogP contribution in [-0.4, -0.2) is 0 Å². The Bertz CT molecular complexity index is 1540. The van der Waals surface area contributed by atoms with Crippen LogP contribution in [0.3, 0.4) is 0 Å². The van der Waals surface area contributed by atoms with Crippen molar-refractivity contribution in [3.05, 3.63) is 182 Å². The molecule has 0 N–H and O–H groups in total. The molecule has 1 nitrogen and oxygen atoms in total. The molecule has 0 unspecified atom stereocenters. The Kier molecular flexibility index (Phi) is 7.07. The van der Waals surface area contributed by atoms with Gasteiger partial charge in [-0.3, -0.25) is 0 Å². The van der Waals surface area contributed by atoms with Gasteiger partial charge in [0.25, 0.3) is 0 Å². The molecule has 6 aromatic rings. The zero-order valence-electron chi connectivity index (χ0n) is 22.0. The third-order valence-electron chi connectivity index (χ3n) is 7.37. The predicted molar refractivity (Wildman–Crippen MR) is 174 cm³/mol. The van der Waals surface area contributed by atoms with Gasteiger partial charge >= 0.3 is 237 Å². The van der Waals surface area contributed by atoms with Gasteiger partial charge in [0.2, 0.25) is 0 Å². The molecular weight excluding hydrogens is 527 g/mol. The predicted octanol–water partition coefficient (Wildman–Crippen LogP) is 7.49. The van der Waals surface area contributed by atoms with E-state index in [1.807, 2.05) is 146 Å². The summed E-state index contributed by atoms with van der Waals surface area (Å²) in [5, 5.41) is 4.83. The number of rotatable bonds is 7. The first-order chi connectivity index (χ1) is 19.7. The van der Waals surface area contributed by atoms with Gasteiger partial charge in [0.15, 0.2) is 0 Å². The van der Waals surface area contributed by atoms with Crippen LogP contribution < -0.4 is 31.8 Å². The Balaban J connectivity index is 1.93. The van der Waals surface area contributed by atoms with Crippen molar-refractivity contribution in [3.63, 3.8) is 0 Å². The maximum absolute atomic E-state index is 19.9. The summed E-state index contributed by atoms with van der Waals surface area (Å²) in [4.78, 5) is 0. The summed E-state index contributed by atoms with van der Waals surface area (Å²) in [7, 11) is -7.90. The summed E-state index contributed by atoms with van der Waals surface area (Å²) in [6, 6.07) is 59.7. The Labute approximate surface area is 236 Å². The minimum absolute atomic E-state index is 0.595. The molecule has 0 saturated heterocycles. The van der Waals surface area contributed by atoms with E-state index < -0.39 is 14.1 Å². The van der Waals surface area contributed by atoms with E-state index in [9.17, 15) is 0 Å². The molecule has 0 radical (unpaired) electrons. The second-order valence-corrected chi connectivity index (χ2v) is 16.7. The Morgan fingerprint density at radius 2 is 0.575 bits per heavy atom. The summed E-state index contributed by atoms with van der Waals surface area (Å²) in [6.07, 6.45) is 0. The van der Waals surface area contributed by atoms with E-state index in [-0.39, 0.29) is 0 Å². The first-order valence-electron chi connectivity index (χ1n) is 13.4. The van der Waals surface area contributed by atoms with Crippen molar-refractivity contribution < 1.29 is 4.20 Å². The summed E-state index contributed by atoms with van der Waals surface area (Å²) in [5.74, 6) is 0. The van der Waals surface area contributed by atoms with E-state index in [2.05, 4.69) is 36.4 Å². The topological polar surface area (TPSA) is 12.4 Å². The van der Waals surface area contributed by atoms with Crippen LogP contribution in [0, 0.1) is 0 Å². The first kappa shape index (κ1) is 26.1. The molecule has 6 rings (SSSR count). The van der Waals surface area contributed by atoms with E-state index in [0.717, 1.165) is 15.9 Å². The fourth-order valence-electron chi connectivity index (χ4n) is 5.49. The molecule has 0 bridgehead atoms. The molecule has 0 fully saturated rings. The van der Waals surface area contributed by atoms with Gasteiger partial charge in [-0.15, -0.1) is 0 Å². The average molecular weight is 558 g/mol. The van der Waals surface area contributed by atoms with Crippen LogP contribution in [0.25, 0.3) is 0 Å². The summed E-state index contributed by atoms with van der Waals surface area (Å²) in [6.45, 7) is 0. The molecule has 0 aliphatic heterocycles. The van der Waals surface area contributed by atoms with Crippen LogP contribution in [-0.2, 0) is 0 Å². The fraction of sp³-hybridized carbons (Fsp3) is 0. The second-order valence-electron chi connectivity index (χ2n) is 9.70. The molecule has 6 aromatic carbocycles. The molecule has 0 amide bonds. The van der Waals surface area contributed by atoms with Gasteiger partial charge in [-0.05, 0) is 0 Å². The van der Waals surface area contributed by atoms with Gasteiger partial charge in [-0.25, -0.2) is 0 Å². The Hall–Kier alpha value is -4.09. The molecule has 0 aromatic heterocycles. The van der Waals surface area contributed by atoms with Gasteiger partial charge in [-0.2, -0.15) is 0 Å². The van der Waals surface area contributed by atoms with Gasteiger partial charge in [0, 0.05) is 0 Å². The number of hydrogen-bond donors (Lipinski definition) is 0. The molecule has 0 aliphatic carbocycles.